The van der Waals surface area contributed by atoms with Crippen molar-refractivity contribution in [3.05, 3.63) is 60.6 Å². The van der Waals surface area contributed by atoms with E-state index in [-0.39, 0.29) is 5.91 Å². The van der Waals surface area contributed by atoms with E-state index in [4.69, 9.17) is 0 Å². The maximum Gasteiger partial charge on any atom is 0.246 e. The minimum atomic E-state index is -0.587. The van der Waals surface area contributed by atoms with Gasteiger partial charge in [-0.1, -0.05) is 49.6 Å². The molecule has 1 fully saturated rings. The van der Waals surface area contributed by atoms with E-state index in [0.717, 1.165) is 42.4 Å². The summed E-state index contributed by atoms with van der Waals surface area (Å²) < 4.78 is 2.00. The fraction of sp³-hybridized carbons (Fsp3) is 0.350. The highest BCUT2D eigenvalue weighted by molar-refractivity contribution is 5.86. The lowest BCUT2D eigenvalue weighted by Gasteiger charge is -2.37. The maximum absolute atomic E-state index is 13.2. The summed E-state index contributed by atoms with van der Waals surface area (Å²) in [5.41, 5.74) is 2.15. The number of nitrogens with one attached hydrogen (secondary N) is 1. The van der Waals surface area contributed by atoms with Crippen LogP contribution in [0.5, 0.6) is 0 Å². The van der Waals surface area contributed by atoms with Crippen LogP contribution in [-0.4, -0.2) is 20.4 Å². The third-order valence-electron chi connectivity index (χ3n) is 5.17. The van der Waals surface area contributed by atoms with Gasteiger partial charge in [0.1, 0.15) is 11.1 Å². The molecule has 1 amide bonds. The van der Waals surface area contributed by atoms with Gasteiger partial charge in [-0.2, -0.15) is 0 Å². The normalized spacial score (nSPS) is 16.6. The van der Waals surface area contributed by atoms with Gasteiger partial charge in [-0.05, 0) is 30.5 Å². The lowest BCUT2D eigenvalue weighted by Crippen LogP contribution is -2.49. The Balaban J connectivity index is 1.66. The molecule has 25 heavy (non-hydrogen) atoms. The van der Waals surface area contributed by atoms with Crippen LogP contribution in [0.15, 0.2) is 55.0 Å². The number of nitrogens with zero attached hydrogens (tertiary/aromatic N) is 3. The van der Waals surface area contributed by atoms with Crippen molar-refractivity contribution in [1.29, 1.82) is 0 Å². The quantitative estimate of drug-likeness (QED) is 0.795. The van der Waals surface area contributed by atoms with Gasteiger partial charge in [0, 0.05) is 12.7 Å². The van der Waals surface area contributed by atoms with Crippen LogP contribution in [0, 0.1) is 0 Å². The monoisotopic (exact) mass is 334 g/mol. The van der Waals surface area contributed by atoms with E-state index >= 15 is 0 Å². The lowest BCUT2D eigenvalue weighted by atomic mass is 9.80. The molecule has 1 aliphatic carbocycles. The number of aromatic nitrogens is 3. The minimum absolute atomic E-state index is 0.0704. The Morgan fingerprint density at radius 1 is 1.04 bits per heavy atom. The molecule has 3 aromatic rings. The lowest BCUT2D eigenvalue weighted by molar-refractivity contribution is -0.131. The standard InChI is InChI=1S/C20H22N4O/c25-19(22-14-16-8-3-1-4-9-16)20(11-5-2-6-12-20)24-15-23-17-10-7-13-21-18(17)24/h1,3-4,7-10,13,15H,2,5-6,11-12,14H2,(H,22,25). The van der Waals surface area contributed by atoms with Gasteiger partial charge < -0.3 is 5.32 Å². The summed E-state index contributed by atoms with van der Waals surface area (Å²) >= 11 is 0. The fourth-order valence-electron chi connectivity index (χ4n) is 3.82. The van der Waals surface area contributed by atoms with E-state index in [0.29, 0.717) is 6.54 Å². The number of hydrogen-bond donors (Lipinski definition) is 1. The van der Waals surface area contributed by atoms with Crippen molar-refractivity contribution in [1.82, 2.24) is 19.9 Å². The number of imidazole rings is 1. The first kappa shape index (κ1) is 15.8. The van der Waals surface area contributed by atoms with E-state index in [1.165, 1.54) is 6.42 Å². The summed E-state index contributed by atoms with van der Waals surface area (Å²) in [6.45, 7) is 0.543. The average molecular weight is 334 g/mol. The molecule has 0 saturated heterocycles. The van der Waals surface area contributed by atoms with E-state index in [2.05, 4.69) is 15.3 Å². The largest absolute Gasteiger partial charge is 0.350 e. The van der Waals surface area contributed by atoms with Crippen molar-refractivity contribution in [2.45, 2.75) is 44.2 Å². The molecule has 4 rings (SSSR count). The Hall–Kier alpha value is -2.69. The Morgan fingerprint density at radius 2 is 1.84 bits per heavy atom. The molecule has 0 bridgehead atoms. The number of carbonyl (C=O) groups is 1. The van der Waals surface area contributed by atoms with E-state index in [9.17, 15) is 4.79 Å². The molecule has 5 heteroatoms. The van der Waals surface area contributed by atoms with Gasteiger partial charge in [-0.15, -0.1) is 0 Å². The van der Waals surface area contributed by atoms with Crippen molar-refractivity contribution >= 4 is 17.1 Å². The molecule has 0 atom stereocenters. The van der Waals surface area contributed by atoms with Gasteiger partial charge in [-0.3, -0.25) is 9.36 Å². The highest BCUT2D eigenvalue weighted by Gasteiger charge is 2.42. The second-order valence-electron chi connectivity index (χ2n) is 6.72. The molecule has 0 unspecified atom stereocenters. The molecule has 1 aromatic carbocycles. The third kappa shape index (κ3) is 2.90. The smallest absolute Gasteiger partial charge is 0.246 e. The van der Waals surface area contributed by atoms with Crippen LogP contribution in [0.4, 0.5) is 0 Å². The number of pyridine rings is 1. The molecule has 1 aliphatic rings. The number of carbonyl (C=O) groups excluding carboxylic acids is 1. The zero-order valence-electron chi connectivity index (χ0n) is 14.2. The van der Waals surface area contributed by atoms with Crippen molar-refractivity contribution < 1.29 is 4.79 Å². The summed E-state index contributed by atoms with van der Waals surface area (Å²) in [7, 11) is 0. The minimum Gasteiger partial charge on any atom is -0.350 e. The first-order valence-corrected chi connectivity index (χ1v) is 8.90. The highest BCUT2D eigenvalue weighted by Crippen LogP contribution is 2.37. The van der Waals surface area contributed by atoms with Gasteiger partial charge in [-0.25, -0.2) is 9.97 Å². The van der Waals surface area contributed by atoms with E-state index in [1.807, 2.05) is 47.0 Å². The van der Waals surface area contributed by atoms with Crippen molar-refractivity contribution in [3.8, 4) is 0 Å². The van der Waals surface area contributed by atoms with Crippen LogP contribution in [0.2, 0.25) is 0 Å². The average Bonchev–Trinajstić information content (AvgIpc) is 3.12. The molecule has 2 heterocycles. The van der Waals surface area contributed by atoms with E-state index < -0.39 is 5.54 Å². The zero-order valence-corrected chi connectivity index (χ0v) is 14.2. The van der Waals surface area contributed by atoms with Gasteiger partial charge in [0.05, 0.1) is 6.33 Å². The third-order valence-corrected chi connectivity index (χ3v) is 5.17. The molecule has 0 aliphatic heterocycles. The second-order valence-corrected chi connectivity index (χ2v) is 6.72. The molecular weight excluding hydrogens is 312 g/mol. The fourth-order valence-corrected chi connectivity index (χ4v) is 3.82. The Bertz CT molecular complexity index is 866. The second kappa shape index (κ2) is 6.67. The van der Waals surface area contributed by atoms with Gasteiger partial charge >= 0.3 is 0 Å². The summed E-state index contributed by atoms with van der Waals surface area (Å²) in [6.07, 6.45) is 8.47. The number of hydrogen-bond acceptors (Lipinski definition) is 3. The van der Waals surface area contributed by atoms with Crippen LogP contribution < -0.4 is 5.32 Å². The molecular formula is C20H22N4O. The highest BCUT2D eigenvalue weighted by atomic mass is 16.2. The molecule has 0 spiro atoms. The molecule has 1 saturated carbocycles. The number of amides is 1. The van der Waals surface area contributed by atoms with Gasteiger partial charge in [0.15, 0.2) is 5.65 Å². The van der Waals surface area contributed by atoms with Gasteiger partial charge in [0.25, 0.3) is 0 Å². The van der Waals surface area contributed by atoms with Crippen LogP contribution >= 0.6 is 0 Å². The predicted molar refractivity (Wildman–Crippen MR) is 96.9 cm³/mol. The van der Waals surface area contributed by atoms with Crippen LogP contribution in [0.25, 0.3) is 11.2 Å². The molecule has 2 aromatic heterocycles. The van der Waals surface area contributed by atoms with Gasteiger partial charge in [0.2, 0.25) is 5.91 Å². The van der Waals surface area contributed by atoms with Crippen LogP contribution in [0.3, 0.4) is 0 Å². The summed E-state index contributed by atoms with van der Waals surface area (Å²) in [5.74, 6) is 0.0704. The van der Waals surface area contributed by atoms with Crippen molar-refractivity contribution in [2.75, 3.05) is 0 Å². The van der Waals surface area contributed by atoms with E-state index in [1.54, 1.807) is 12.5 Å². The molecule has 1 N–H and O–H groups in total. The Labute approximate surface area is 147 Å². The Kier molecular flexibility index (Phi) is 4.22. The first-order valence-electron chi connectivity index (χ1n) is 8.90. The van der Waals surface area contributed by atoms with Crippen LogP contribution in [0.1, 0.15) is 37.7 Å². The Morgan fingerprint density at radius 3 is 2.64 bits per heavy atom. The molecule has 5 nitrogen and oxygen atoms in total. The summed E-state index contributed by atoms with van der Waals surface area (Å²) in [4.78, 5) is 22.2. The maximum atomic E-state index is 13.2. The predicted octanol–water partition coefficient (Wildman–Crippen LogP) is 3.41. The number of benzene rings is 1. The van der Waals surface area contributed by atoms with Crippen LogP contribution in [-0.2, 0) is 16.9 Å². The van der Waals surface area contributed by atoms with Crippen molar-refractivity contribution in [3.63, 3.8) is 0 Å². The first-order chi connectivity index (χ1) is 12.3. The molecule has 0 radical (unpaired) electrons. The number of fused-ring (bicyclic) bond motifs is 1. The van der Waals surface area contributed by atoms with Crippen molar-refractivity contribution in [2.24, 2.45) is 0 Å². The summed E-state index contributed by atoms with van der Waals surface area (Å²) in [6, 6.07) is 13.8. The molecule has 128 valence electrons. The summed E-state index contributed by atoms with van der Waals surface area (Å²) in [5, 5.41) is 3.15. The SMILES string of the molecule is O=C(NCc1ccccc1)C1(n2cnc3cccnc32)CCCCC1. The number of rotatable bonds is 4. The topological polar surface area (TPSA) is 59.8 Å². The zero-order chi connectivity index (χ0) is 17.1.